The second-order valence-corrected chi connectivity index (χ2v) is 16.5. The zero-order valence-electron chi connectivity index (χ0n) is 32.5. The number of para-hydroxylation sites is 2. The molecule has 58 heavy (non-hydrogen) atoms. The summed E-state index contributed by atoms with van der Waals surface area (Å²) >= 11 is 0. The maximum atomic E-state index is 2.43. The van der Waals surface area contributed by atoms with E-state index >= 15 is 0 Å². The van der Waals surface area contributed by atoms with Crippen LogP contribution in [0, 0.1) is 0 Å². The average molecular weight is 738 g/mol. The standard InChI is InChI=1S/C57H39N/c1-57(2)53-34-40(37-21-19-36(20-22-37)39-25-30-47-45-13-4-3-11-43(45)44-12-5-6-14-46(44)52(47)33-39)26-31-48(53)49-32-27-41(35-54(49)57)38-23-28-42(29-24-38)58-55-17-9-7-15-50(55)51-16-8-10-18-56(51)58/h3-35H,1-2H3. The second kappa shape index (κ2) is 12.4. The van der Waals surface area contributed by atoms with Gasteiger partial charge in [0.15, 0.2) is 0 Å². The van der Waals surface area contributed by atoms with Gasteiger partial charge in [0.2, 0.25) is 0 Å². The molecule has 0 radical (unpaired) electrons. The normalized spacial score (nSPS) is 13.1. The Morgan fingerprint density at radius 2 is 0.638 bits per heavy atom. The molecule has 1 aliphatic rings. The number of benzene rings is 10. The van der Waals surface area contributed by atoms with Crippen molar-refractivity contribution >= 4 is 54.1 Å². The van der Waals surface area contributed by atoms with Crippen LogP contribution >= 0.6 is 0 Å². The predicted molar refractivity (Wildman–Crippen MR) is 247 cm³/mol. The van der Waals surface area contributed by atoms with Crippen molar-refractivity contribution in [2.45, 2.75) is 19.3 Å². The van der Waals surface area contributed by atoms with Gasteiger partial charge in [0.25, 0.3) is 0 Å². The first-order valence-corrected chi connectivity index (χ1v) is 20.3. The Labute approximate surface area is 338 Å². The summed E-state index contributed by atoms with van der Waals surface area (Å²) in [6.07, 6.45) is 0. The Morgan fingerprint density at radius 1 is 0.293 bits per heavy atom. The average Bonchev–Trinajstić information content (AvgIpc) is 3.74. The van der Waals surface area contributed by atoms with Crippen LogP contribution in [0.2, 0.25) is 0 Å². The summed E-state index contributed by atoms with van der Waals surface area (Å²) in [5.41, 5.74) is 16.4. The van der Waals surface area contributed by atoms with Gasteiger partial charge in [-0.3, -0.25) is 0 Å². The van der Waals surface area contributed by atoms with E-state index in [4.69, 9.17) is 0 Å². The zero-order valence-corrected chi connectivity index (χ0v) is 32.5. The van der Waals surface area contributed by atoms with Gasteiger partial charge in [-0.25, -0.2) is 0 Å². The monoisotopic (exact) mass is 737 g/mol. The minimum atomic E-state index is -0.127. The van der Waals surface area contributed by atoms with Gasteiger partial charge in [-0.05, 0) is 130 Å². The third kappa shape index (κ3) is 4.83. The SMILES string of the molecule is CC1(C)c2cc(-c3ccc(-c4ccc5c6ccccc6c6ccccc6c5c4)cc3)ccc2-c2ccc(-c3ccc(-n4c5ccccc5c5ccccc54)cc3)cc21. The van der Waals surface area contributed by atoms with Crippen LogP contribution in [0.4, 0.5) is 0 Å². The number of aromatic nitrogens is 1. The minimum Gasteiger partial charge on any atom is -0.309 e. The van der Waals surface area contributed by atoms with E-state index in [1.807, 2.05) is 0 Å². The van der Waals surface area contributed by atoms with Gasteiger partial charge in [-0.2, -0.15) is 0 Å². The van der Waals surface area contributed by atoms with Crippen molar-refractivity contribution in [3.8, 4) is 50.2 Å². The van der Waals surface area contributed by atoms with Gasteiger partial charge in [0.05, 0.1) is 11.0 Å². The van der Waals surface area contributed by atoms with Gasteiger partial charge in [-0.1, -0.05) is 172 Å². The first-order valence-electron chi connectivity index (χ1n) is 20.3. The van der Waals surface area contributed by atoms with E-state index in [-0.39, 0.29) is 5.41 Å². The van der Waals surface area contributed by atoms with Crippen LogP contribution in [0.5, 0.6) is 0 Å². The van der Waals surface area contributed by atoms with E-state index < -0.39 is 0 Å². The molecule has 1 heteroatoms. The molecule has 0 spiro atoms. The Morgan fingerprint density at radius 3 is 1.12 bits per heavy atom. The van der Waals surface area contributed by atoms with Crippen LogP contribution in [0.25, 0.3) is 104 Å². The predicted octanol–water partition coefficient (Wildman–Crippen LogP) is 15.6. The van der Waals surface area contributed by atoms with Crippen LogP contribution < -0.4 is 0 Å². The highest BCUT2D eigenvalue weighted by molar-refractivity contribution is 6.25. The lowest BCUT2D eigenvalue weighted by molar-refractivity contribution is 0.661. The van der Waals surface area contributed by atoms with Gasteiger partial charge in [-0.15, -0.1) is 0 Å². The number of fused-ring (bicyclic) bond motifs is 12. The Bertz CT molecular complexity index is 3360. The summed E-state index contributed by atoms with van der Waals surface area (Å²) in [7, 11) is 0. The largest absolute Gasteiger partial charge is 0.309 e. The minimum absolute atomic E-state index is 0.127. The number of nitrogens with zero attached hydrogens (tertiary/aromatic N) is 1. The molecule has 1 aromatic heterocycles. The summed E-state index contributed by atoms with van der Waals surface area (Å²) in [6.45, 7) is 4.76. The summed E-state index contributed by atoms with van der Waals surface area (Å²) in [6, 6.07) is 74.3. The van der Waals surface area contributed by atoms with Crippen LogP contribution in [0.3, 0.4) is 0 Å². The van der Waals surface area contributed by atoms with Crippen LogP contribution in [0.15, 0.2) is 200 Å². The summed E-state index contributed by atoms with van der Waals surface area (Å²) in [4.78, 5) is 0. The fourth-order valence-corrected chi connectivity index (χ4v) is 10.0. The Hall–Kier alpha value is -7.22. The molecule has 0 saturated carbocycles. The molecular weight excluding hydrogens is 699 g/mol. The van der Waals surface area contributed by atoms with E-state index in [0.717, 1.165) is 0 Å². The summed E-state index contributed by atoms with van der Waals surface area (Å²) in [5, 5.41) is 10.4. The van der Waals surface area contributed by atoms with Crippen molar-refractivity contribution in [1.82, 2.24) is 4.57 Å². The van der Waals surface area contributed by atoms with Gasteiger partial charge in [0, 0.05) is 21.9 Å². The molecule has 11 aromatic rings. The third-order valence-electron chi connectivity index (χ3n) is 13.0. The molecule has 0 atom stereocenters. The molecule has 0 N–H and O–H groups in total. The molecular formula is C57H39N. The van der Waals surface area contributed by atoms with E-state index in [0.29, 0.717) is 0 Å². The van der Waals surface area contributed by atoms with E-state index in [1.54, 1.807) is 0 Å². The molecule has 272 valence electrons. The molecule has 0 fully saturated rings. The molecule has 1 nitrogen and oxygen atoms in total. The molecule has 1 aliphatic carbocycles. The maximum Gasteiger partial charge on any atom is 0.0541 e. The molecule has 0 saturated heterocycles. The highest BCUT2D eigenvalue weighted by atomic mass is 15.0. The molecule has 10 aromatic carbocycles. The topological polar surface area (TPSA) is 4.93 Å². The highest BCUT2D eigenvalue weighted by Gasteiger charge is 2.36. The van der Waals surface area contributed by atoms with Gasteiger partial charge < -0.3 is 4.57 Å². The molecule has 12 rings (SSSR count). The van der Waals surface area contributed by atoms with Crippen molar-refractivity contribution in [1.29, 1.82) is 0 Å². The van der Waals surface area contributed by atoms with Gasteiger partial charge >= 0.3 is 0 Å². The maximum absolute atomic E-state index is 2.43. The second-order valence-electron chi connectivity index (χ2n) is 16.5. The van der Waals surface area contributed by atoms with Crippen LogP contribution in [0.1, 0.15) is 25.0 Å². The first-order chi connectivity index (χ1) is 28.5. The number of rotatable bonds is 4. The zero-order chi connectivity index (χ0) is 38.5. The van der Waals surface area contributed by atoms with Crippen molar-refractivity contribution in [2.24, 2.45) is 0 Å². The van der Waals surface area contributed by atoms with Crippen molar-refractivity contribution in [3.63, 3.8) is 0 Å². The summed E-state index contributed by atoms with van der Waals surface area (Å²) in [5.74, 6) is 0. The molecule has 0 amide bonds. The lowest BCUT2D eigenvalue weighted by Crippen LogP contribution is -2.15. The van der Waals surface area contributed by atoms with Crippen LogP contribution in [-0.2, 0) is 5.41 Å². The van der Waals surface area contributed by atoms with Crippen LogP contribution in [-0.4, -0.2) is 4.57 Å². The molecule has 0 bridgehead atoms. The molecule has 1 heterocycles. The van der Waals surface area contributed by atoms with Gasteiger partial charge in [0.1, 0.15) is 0 Å². The first kappa shape index (κ1) is 33.0. The smallest absolute Gasteiger partial charge is 0.0541 e. The number of hydrogen-bond acceptors (Lipinski definition) is 0. The Balaban J connectivity index is 0.853. The third-order valence-corrected chi connectivity index (χ3v) is 13.0. The highest BCUT2D eigenvalue weighted by Crippen LogP contribution is 2.51. The lowest BCUT2D eigenvalue weighted by Gasteiger charge is -2.22. The molecule has 0 unspecified atom stereocenters. The van der Waals surface area contributed by atoms with Crippen molar-refractivity contribution in [2.75, 3.05) is 0 Å². The van der Waals surface area contributed by atoms with E-state index in [2.05, 4.69) is 219 Å². The lowest BCUT2D eigenvalue weighted by atomic mass is 9.81. The fourth-order valence-electron chi connectivity index (χ4n) is 10.0. The van der Waals surface area contributed by atoms with Crippen molar-refractivity contribution < 1.29 is 0 Å². The Kier molecular flexibility index (Phi) is 7.04. The summed E-state index contributed by atoms with van der Waals surface area (Å²) < 4.78 is 2.38. The molecule has 0 aliphatic heterocycles. The number of hydrogen-bond donors (Lipinski definition) is 0. The fraction of sp³-hybridized carbons (Fsp3) is 0.0526. The van der Waals surface area contributed by atoms with E-state index in [1.165, 1.54) is 115 Å². The van der Waals surface area contributed by atoms with Crippen molar-refractivity contribution in [3.05, 3.63) is 211 Å². The quantitative estimate of drug-likeness (QED) is 0.159. The van der Waals surface area contributed by atoms with E-state index in [9.17, 15) is 0 Å².